The van der Waals surface area contributed by atoms with Gasteiger partial charge in [0.25, 0.3) is 5.91 Å². The van der Waals surface area contributed by atoms with E-state index >= 15 is 0 Å². The molecule has 0 fully saturated rings. The number of ether oxygens (including phenoxy) is 2. The molecule has 2 heterocycles. The summed E-state index contributed by atoms with van der Waals surface area (Å²) in [6, 6.07) is 16.9. The van der Waals surface area contributed by atoms with Gasteiger partial charge in [-0.1, -0.05) is 6.07 Å². The summed E-state index contributed by atoms with van der Waals surface area (Å²) in [6.07, 6.45) is 1.25. The first-order chi connectivity index (χ1) is 13.6. The molecule has 1 aromatic heterocycles. The van der Waals surface area contributed by atoms with E-state index in [1.54, 1.807) is 37.4 Å². The molecule has 142 valence electrons. The van der Waals surface area contributed by atoms with E-state index in [9.17, 15) is 4.79 Å². The van der Waals surface area contributed by atoms with Crippen molar-refractivity contribution in [2.75, 3.05) is 24.4 Å². The van der Waals surface area contributed by atoms with Crippen LogP contribution in [0.25, 0.3) is 0 Å². The number of benzene rings is 2. The maximum Gasteiger partial charge on any atom is 0.262 e. The Balaban J connectivity index is 1.79. The van der Waals surface area contributed by atoms with Crippen LogP contribution < -0.4 is 19.7 Å². The van der Waals surface area contributed by atoms with Crippen molar-refractivity contribution in [2.24, 2.45) is 0 Å². The van der Waals surface area contributed by atoms with Crippen LogP contribution in [-0.2, 0) is 0 Å². The van der Waals surface area contributed by atoms with Crippen LogP contribution in [0.3, 0.4) is 0 Å². The molecule has 1 aliphatic rings. The molecule has 0 saturated heterocycles. The summed E-state index contributed by atoms with van der Waals surface area (Å²) in [4.78, 5) is 19.3. The lowest BCUT2D eigenvalue weighted by Crippen LogP contribution is -2.32. The van der Waals surface area contributed by atoms with Gasteiger partial charge in [0.15, 0.2) is 6.17 Å². The average molecular weight is 375 g/mol. The molecule has 28 heavy (non-hydrogen) atoms. The lowest BCUT2D eigenvalue weighted by Gasteiger charge is -2.27. The van der Waals surface area contributed by atoms with Gasteiger partial charge in [-0.15, -0.1) is 0 Å². The number of aromatic nitrogens is 1. The SMILES string of the molecule is COc1ccc(N2C(=O)c3cccnc3[C@@H]2Nc2cc(C)ccc2OC)cc1. The first kappa shape index (κ1) is 17.9. The molecule has 6 heteroatoms. The maximum absolute atomic E-state index is 13.2. The number of hydrogen-bond donors (Lipinski definition) is 1. The Morgan fingerprint density at radius 2 is 1.82 bits per heavy atom. The van der Waals surface area contributed by atoms with Gasteiger partial charge in [0, 0.05) is 11.9 Å². The minimum absolute atomic E-state index is 0.0996. The fourth-order valence-electron chi connectivity index (χ4n) is 3.41. The second-order valence-corrected chi connectivity index (χ2v) is 6.56. The van der Waals surface area contributed by atoms with E-state index in [2.05, 4.69) is 10.3 Å². The highest BCUT2D eigenvalue weighted by atomic mass is 16.5. The van der Waals surface area contributed by atoms with E-state index in [0.29, 0.717) is 17.0 Å². The largest absolute Gasteiger partial charge is 0.497 e. The summed E-state index contributed by atoms with van der Waals surface area (Å²) < 4.78 is 10.7. The molecule has 0 unspecified atom stereocenters. The molecule has 0 radical (unpaired) electrons. The Hall–Kier alpha value is -3.54. The number of carbonyl (C=O) groups excluding carboxylic acids is 1. The Kier molecular flexibility index (Phi) is 4.61. The number of pyridine rings is 1. The zero-order chi connectivity index (χ0) is 19.7. The average Bonchev–Trinajstić information content (AvgIpc) is 3.00. The molecule has 0 aliphatic carbocycles. The van der Waals surface area contributed by atoms with Crippen LogP contribution in [-0.4, -0.2) is 25.1 Å². The third-order valence-electron chi connectivity index (χ3n) is 4.80. The van der Waals surface area contributed by atoms with Crippen molar-refractivity contribution in [2.45, 2.75) is 13.1 Å². The van der Waals surface area contributed by atoms with Crippen LogP contribution >= 0.6 is 0 Å². The van der Waals surface area contributed by atoms with Gasteiger partial charge in [-0.25, -0.2) is 0 Å². The van der Waals surface area contributed by atoms with Crippen molar-refractivity contribution in [1.29, 1.82) is 0 Å². The van der Waals surface area contributed by atoms with E-state index in [4.69, 9.17) is 9.47 Å². The first-order valence-corrected chi connectivity index (χ1v) is 8.96. The van der Waals surface area contributed by atoms with E-state index in [1.165, 1.54) is 0 Å². The number of rotatable bonds is 5. The van der Waals surface area contributed by atoms with Gasteiger partial charge in [0.2, 0.25) is 0 Å². The van der Waals surface area contributed by atoms with Gasteiger partial charge < -0.3 is 14.8 Å². The van der Waals surface area contributed by atoms with Crippen molar-refractivity contribution in [3.63, 3.8) is 0 Å². The smallest absolute Gasteiger partial charge is 0.262 e. The highest BCUT2D eigenvalue weighted by Gasteiger charge is 2.39. The summed E-state index contributed by atoms with van der Waals surface area (Å²) in [5, 5.41) is 3.45. The molecular weight excluding hydrogens is 354 g/mol. The Morgan fingerprint density at radius 1 is 1.04 bits per heavy atom. The minimum Gasteiger partial charge on any atom is -0.497 e. The third-order valence-corrected chi connectivity index (χ3v) is 4.80. The Bertz CT molecular complexity index is 1020. The van der Waals surface area contributed by atoms with E-state index in [-0.39, 0.29) is 5.91 Å². The molecular formula is C22H21N3O3. The zero-order valence-electron chi connectivity index (χ0n) is 16.0. The number of fused-ring (bicyclic) bond motifs is 1. The Morgan fingerprint density at radius 3 is 2.54 bits per heavy atom. The van der Waals surface area contributed by atoms with Gasteiger partial charge >= 0.3 is 0 Å². The van der Waals surface area contributed by atoms with Crippen LogP contribution in [0, 0.1) is 6.92 Å². The number of methoxy groups -OCH3 is 2. The standard InChI is InChI=1S/C22H21N3O3/c1-14-6-11-19(28-3)18(13-14)24-21-20-17(5-4-12-23-20)22(26)25(21)15-7-9-16(27-2)10-8-15/h4-13,21,24H,1-3H3/t21-/m1/s1. The summed E-state index contributed by atoms with van der Waals surface area (Å²) in [5.41, 5.74) is 3.92. The van der Waals surface area contributed by atoms with Crippen LogP contribution in [0.4, 0.5) is 11.4 Å². The molecule has 0 saturated carbocycles. The minimum atomic E-state index is -0.451. The third kappa shape index (κ3) is 3.03. The number of anilines is 2. The van der Waals surface area contributed by atoms with Gasteiger partial charge in [-0.3, -0.25) is 14.7 Å². The maximum atomic E-state index is 13.2. The number of nitrogens with zero attached hydrogens (tertiary/aromatic N) is 2. The summed E-state index contributed by atoms with van der Waals surface area (Å²) in [5.74, 6) is 1.34. The highest BCUT2D eigenvalue weighted by Crippen LogP contribution is 2.39. The summed E-state index contributed by atoms with van der Waals surface area (Å²) in [6.45, 7) is 2.01. The van der Waals surface area contributed by atoms with Crippen molar-refractivity contribution in [1.82, 2.24) is 4.98 Å². The topological polar surface area (TPSA) is 63.7 Å². The molecule has 3 aromatic rings. The van der Waals surface area contributed by atoms with Gasteiger partial charge in [0.1, 0.15) is 11.5 Å². The molecule has 2 aromatic carbocycles. The van der Waals surface area contributed by atoms with E-state index in [0.717, 1.165) is 22.7 Å². The van der Waals surface area contributed by atoms with Crippen molar-refractivity contribution in [3.05, 3.63) is 77.6 Å². The van der Waals surface area contributed by atoms with Crippen LogP contribution in [0.5, 0.6) is 11.5 Å². The Labute approximate surface area is 163 Å². The predicted molar refractivity (Wildman–Crippen MR) is 108 cm³/mol. The number of hydrogen-bond acceptors (Lipinski definition) is 5. The van der Waals surface area contributed by atoms with Gasteiger partial charge in [-0.05, 0) is 61.0 Å². The predicted octanol–water partition coefficient (Wildman–Crippen LogP) is 4.18. The fraction of sp³-hybridized carbons (Fsp3) is 0.182. The highest BCUT2D eigenvalue weighted by molar-refractivity contribution is 6.11. The van der Waals surface area contributed by atoms with Crippen molar-refractivity contribution in [3.8, 4) is 11.5 Å². The number of aryl methyl sites for hydroxylation is 1. The molecule has 6 nitrogen and oxygen atoms in total. The summed E-state index contributed by atoms with van der Waals surface area (Å²) >= 11 is 0. The van der Waals surface area contributed by atoms with E-state index in [1.807, 2.05) is 49.4 Å². The van der Waals surface area contributed by atoms with Crippen LogP contribution in [0.1, 0.15) is 27.8 Å². The van der Waals surface area contributed by atoms with Gasteiger partial charge in [0.05, 0.1) is 31.2 Å². The monoisotopic (exact) mass is 375 g/mol. The number of carbonyl (C=O) groups is 1. The molecule has 1 amide bonds. The van der Waals surface area contributed by atoms with Crippen LogP contribution in [0.2, 0.25) is 0 Å². The van der Waals surface area contributed by atoms with E-state index < -0.39 is 6.17 Å². The number of amides is 1. The second kappa shape index (κ2) is 7.23. The number of nitrogens with one attached hydrogen (secondary N) is 1. The molecule has 1 N–H and O–H groups in total. The quantitative estimate of drug-likeness (QED) is 0.725. The molecule has 1 atom stereocenters. The van der Waals surface area contributed by atoms with Crippen molar-refractivity contribution < 1.29 is 14.3 Å². The first-order valence-electron chi connectivity index (χ1n) is 8.96. The molecule has 1 aliphatic heterocycles. The molecule has 0 spiro atoms. The lowest BCUT2D eigenvalue weighted by molar-refractivity contribution is 0.0993. The molecule has 0 bridgehead atoms. The van der Waals surface area contributed by atoms with Gasteiger partial charge in [-0.2, -0.15) is 0 Å². The lowest BCUT2D eigenvalue weighted by atomic mass is 10.1. The second-order valence-electron chi connectivity index (χ2n) is 6.56. The fourth-order valence-corrected chi connectivity index (χ4v) is 3.41. The van der Waals surface area contributed by atoms with Crippen molar-refractivity contribution >= 4 is 17.3 Å². The molecule has 4 rings (SSSR count). The zero-order valence-corrected chi connectivity index (χ0v) is 16.0. The van der Waals surface area contributed by atoms with Crippen LogP contribution in [0.15, 0.2) is 60.8 Å². The normalized spacial score (nSPS) is 15.3. The summed E-state index contributed by atoms with van der Waals surface area (Å²) in [7, 11) is 3.24.